The summed E-state index contributed by atoms with van der Waals surface area (Å²) in [6, 6.07) is 19.0. The van der Waals surface area contributed by atoms with Crippen molar-refractivity contribution in [1.82, 2.24) is 9.91 Å². The first kappa shape index (κ1) is 22.9. The summed E-state index contributed by atoms with van der Waals surface area (Å²) in [5, 5.41) is 12.4. The second kappa shape index (κ2) is 9.15. The number of methoxy groups -OCH3 is 1. The van der Waals surface area contributed by atoms with Gasteiger partial charge in [0.05, 0.1) is 29.4 Å². The quantitative estimate of drug-likeness (QED) is 0.552. The molecule has 0 bridgehead atoms. The van der Waals surface area contributed by atoms with Gasteiger partial charge >= 0.3 is 0 Å². The molecule has 3 aliphatic rings. The lowest BCUT2D eigenvalue weighted by molar-refractivity contribution is 0.0988. The Morgan fingerprint density at radius 1 is 1.08 bits per heavy atom. The molecule has 0 amide bonds. The highest BCUT2D eigenvalue weighted by Crippen LogP contribution is 2.52. The number of aliphatic imine (C=N–C) groups is 1. The van der Waals surface area contributed by atoms with Crippen LogP contribution in [0.5, 0.6) is 5.75 Å². The SMILES string of the molecule is COc1cc(C2(N3N=CCC3c3ccccc3)N=C(N)Nc3ccsc32)ccc1N1CCN(C)CC1. The lowest BCUT2D eigenvalue weighted by Gasteiger charge is -2.43. The van der Waals surface area contributed by atoms with Crippen LogP contribution in [-0.2, 0) is 5.66 Å². The zero-order valence-corrected chi connectivity index (χ0v) is 21.4. The van der Waals surface area contributed by atoms with Crippen molar-refractivity contribution in [1.29, 1.82) is 0 Å². The lowest BCUT2D eigenvalue weighted by Crippen LogP contribution is -2.47. The molecule has 3 aromatic rings. The molecule has 3 N–H and O–H groups in total. The van der Waals surface area contributed by atoms with Crippen molar-refractivity contribution in [3.05, 3.63) is 76.0 Å². The van der Waals surface area contributed by atoms with Crippen LogP contribution >= 0.6 is 11.3 Å². The van der Waals surface area contributed by atoms with E-state index in [2.05, 4.69) is 81.1 Å². The normalized spacial score (nSPS) is 23.8. The molecule has 1 saturated heterocycles. The minimum absolute atomic E-state index is 0.0269. The number of nitrogens with zero attached hydrogens (tertiary/aromatic N) is 5. The maximum atomic E-state index is 6.42. The summed E-state index contributed by atoms with van der Waals surface area (Å²) in [5.41, 5.74) is 9.75. The Hall–Kier alpha value is -3.56. The molecule has 2 unspecified atom stereocenters. The molecule has 2 atom stereocenters. The van der Waals surface area contributed by atoms with Crippen LogP contribution in [0.2, 0.25) is 0 Å². The number of anilines is 2. The molecule has 0 saturated carbocycles. The molecule has 1 aromatic heterocycles. The van der Waals surface area contributed by atoms with E-state index in [4.69, 9.17) is 20.6 Å². The third kappa shape index (κ3) is 3.70. The van der Waals surface area contributed by atoms with Crippen molar-refractivity contribution >= 4 is 34.9 Å². The minimum Gasteiger partial charge on any atom is -0.495 e. The van der Waals surface area contributed by atoms with E-state index in [1.165, 1.54) is 5.56 Å². The first-order valence-electron chi connectivity index (χ1n) is 12.3. The smallest absolute Gasteiger partial charge is 0.214 e. The van der Waals surface area contributed by atoms with Gasteiger partial charge in [-0.25, -0.2) is 4.99 Å². The van der Waals surface area contributed by atoms with Crippen molar-refractivity contribution < 1.29 is 4.74 Å². The predicted molar refractivity (Wildman–Crippen MR) is 147 cm³/mol. The highest BCUT2D eigenvalue weighted by molar-refractivity contribution is 7.10. The van der Waals surface area contributed by atoms with Gasteiger partial charge in [-0.1, -0.05) is 36.4 Å². The van der Waals surface area contributed by atoms with Gasteiger partial charge in [0.15, 0.2) is 5.96 Å². The summed E-state index contributed by atoms with van der Waals surface area (Å²) >= 11 is 1.66. The van der Waals surface area contributed by atoms with Crippen molar-refractivity contribution in [2.45, 2.75) is 18.1 Å². The largest absolute Gasteiger partial charge is 0.495 e. The van der Waals surface area contributed by atoms with Crippen LogP contribution in [0.15, 0.2) is 70.1 Å². The summed E-state index contributed by atoms with van der Waals surface area (Å²) in [6.45, 7) is 3.99. The van der Waals surface area contributed by atoms with Gasteiger partial charge in [0, 0.05) is 44.4 Å². The van der Waals surface area contributed by atoms with Crippen LogP contribution < -0.4 is 20.7 Å². The first-order valence-corrected chi connectivity index (χ1v) is 13.2. The molecule has 6 rings (SSSR count). The number of nitrogens with two attached hydrogens (primary N) is 1. The van der Waals surface area contributed by atoms with E-state index in [1.54, 1.807) is 18.4 Å². The highest BCUT2D eigenvalue weighted by Gasteiger charge is 2.50. The van der Waals surface area contributed by atoms with E-state index in [1.807, 2.05) is 12.3 Å². The Kier molecular flexibility index (Phi) is 5.81. The van der Waals surface area contributed by atoms with Crippen LogP contribution in [0, 0.1) is 0 Å². The third-order valence-corrected chi connectivity index (χ3v) is 8.31. The molecule has 36 heavy (non-hydrogen) atoms. The number of hydrogen-bond acceptors (Lipinski definition) is 9. The van der Waals surface area contributed by atoms with Gasteiger partial charge in [-0.3, -0.25) is 5.01 Å². The van der Waals surface area contributed by atoms with E-state index in [-0.39, 0.29) is 6.04 Å². The Bertz CT molecular complexity index is 1300. The van der Waals surface area contributed by atoms with Crippen LogP contribution in [0.3, 0.4) is 0 Å². The van der Waals surface area contributed by atoms with E-state index in [0.29, 0.717) is 5.96 Å². The third-order valence-electron chi connectivity index (χ3n) is 7.30. The molecule has 0 radical (unpaired) electrons. The molecule has 9 heteroatoms. The van der Waals surface area contributed by atoms with E-state index >= 15 is 0 Å². The minimum atomic E-state index is -0.916. The topological polar surface area (TPSA) is 81.7 Å². The number of piperazine rings is 1. The maximum absolute atomic E-state index is 6.42. The number of guanidine groups is 1. The number of hydrazone groups is 1. The van der Waals surface area contributed by atoms with E-state index in [0.717, 1.165) is 60.2 Å². The number of nitrogens with one attached hydrogen (secondary N) is 1. The standard InChI is InChI=1S/C27H31N7OS/c1-32-13-15-33(16-14-32)23-9-8-20(18-24(23)35-2)27(25-21(11-17-36-25)30-26(28)31-27)34-22(10-12-29-34)19-6-4-3-5-7-19/h3-9,11-12,17-18,22H,10,13-16H2,1-2H3,(H3,28,30,31). The molecular weight excluding hydrogens is 470 g/mol. The summed E-state index contributed by atoms with van der Waals surface area (Å²) in [6.07, 6.45) is 2.78. The molecular formula is C27H31N7OS. The number of hydrogen-bond donors (Lipinski definition) is 2. The summed E-state index contributed by atoms with van der Waals surface area (Å²) in [5.74, 6) is 1.21. The molecule has 2 aromatic carbocycles. The van der Waals surface area contributed by atoms with Crippen LogP contribution in [0.25, 0.3) is 0 Å². The Balaban J connectivity index is 1.51. The van der Waals surface area contributed by atoms with Crippen molar-refractivity contribution in [2.24, 2.45) is 15.8 Å². The molecule has 0 spiro atoms. The Labute approximate surface area is 215 Å². The zero-order chi connectivity index (χ0) is 24.7. The molecule has 3 aliphatic heterocycles. The first-order chi connectivity index (χ1) is 17.6. The van der Waals surface area contributed by atoms with Gasteiger partial charge < -0.3 is 25.6 Å². The summed E-state index contributed by atoms with van der Waals surface area (Å²) < 4.78 is 5.97. The molecule has 186 valence electrons. The summed E-state index contributed by atoms with van der Waals surface area (Å²) in [7, 11) is 3.90. The fraction of sp³-hybridized carbons (Fsp3) is 0.333. The second-order valence-corrected chi connectivity index (χ2v) is 10.4. The van der Waals surface area contributed by atoms with Crippen molar-refractivity contribution in [3.8, 4) is 5.75 Å². The zero-order valence-electron chi connectivity index (χ0n) is 20.6. The number of rotatable bonds is 5. The Morgan fingerprint density at radius 3 is 2.67 bits per heavy atom. The molecule has 4 heterocycles. The monoisotopic (exact) mass is 501 g/mol. The van der Waals surface area contributed by atoms with E-state index < -0.39 is 5.66 Å². The fourth-order valence-corrected chi connectivity index (χ4v) is 6.44. The summed E-state index contributed by atoms with van der Waals surface area (Å²) in [4.78, 5) is 10.9. The van der Waals surface area contributed by atoms with Crippen molar-refractivity contribution in [2.75, 3.05) is 50.6 Å². The maximum Gasteiger partial charge on any atom is 0.214 e. The average Bonchev–Trinajstić information content (AvgIpc) is 3.59. The molecule has 8 nitrogen and oxygen atoms in total. The van der Waals surface area contributed by atoms with Gasteiger partial charge in [-0.15, -0.1) is 11.3 Å². The number of likely N-dealkylation sites (N-methyl/N-ethyl adjacent to an activating group) is 1. The Morgan fingerprint density at radius 2 is 1.89 bits per heavy atom. The average molecular weight is 502 g/mol. The van der Waals surface area contributed by atoms with Crippen LogP contribution in [0.4, 0.5) is 11.4 Å². The second-order valence-electron chi connectivity index (χ2n) is 9.44. The predicted octanol–water partition coefficient (Wildman–Crippen LogP) is 3.88. The fourth-order valence-electron chi connectivity index (χ4n) is 5.43. The number of benzene rings is 2. The van der Waals surface area contributed by atoms with Gasteiger partial charge in [0.1, 0.15) is 5.75 Å². The number of ether oxygens (including phenoxy) is 1. The van der Waals surface area contributed by atoms with Crippen molar-refractivity contribution in [3.63, 3.8) is 0 Å². The highest BCUT2D eigenvalue weighted by atomic mass is 32.1. The number of thiophene rings is 1. The van der Waals surface area contributed by atoms with Gasteiger partial charge in [0.25, 0.3) is 0 Å². The van der Waals surface area contributed by atoms with Gasteiger partial charge in [0.2, 0.25) is 5.66 Å². The van der Waals surface area contributed by atoms with Crippen LogP contribution in [0.1, 0.15) is 28.5 Å². The van der Waals surface area contributed by atoms with Gasteiger partial charge in [-0.05, 0) is 36.2 Å². The van der Waals surface area contributed by atoms with Crippen LogP contribution in [-0.4, -0.2) is 62.4 Å². The molecule has 0 aliphatic carbocycles. The lowest BCUT2D eigenvalue weighted by atomic mass is 9.91. The number of fused-ring (bicyclic) bond motifs is 1. The van der Waals surface area contributed by atoms with Gasteiger partial charge in [-0.2, -0.15) is 5.10 Å². The van der Waals surface area contributed by atoms with E-state index in [9.17, 15) is 0 Å². The molecule has 1 fully saturated rings.